The van der Waals surface area contributed by atoms with Crippen LogP contribution in [-0.4, -0.2) is 56.3 Å². The van der Waals surface area contributed by atoms with E-state index in [-0.39, 0.29) is 30.3 Å². The Kier molecular flexibility index (Phi) is 10.2. The smallest absolute Gasteiger partial charge is 0.223 e. The first kappa shape index (κ1) is 24.6. The van der Waals surface area contributed by atoms with E-state index in [1.54, 1.807) is 0 Å². The van der Waals surface area contributed by atoms with Gasteiger partial charge in [-0.25, -0.2) is 0 Å². The Morgan fingerprint density at radius 3 is 2.87 bits per heavy atom. The van der Waals surface area contributed by atoms with Gasteiger partial charge in [0.15, 0.2) is 6.29 Å². The van der Waals surface area contributed by atoms with Crippen molar-refractivity contribution >= 4 is 11.6 Å². The molecule has 0 aromatic heterocycles. The first-order valence-corrected chi connectivity index (χ1v) is 12.8. The molecule has 1 amide bonds. The molecule has 0 spiro atoms. The van der Waals surface area contributed by atoms with Crippen LogP contribution >= 0.6 is 0 Å². The maximum Gasteiger partial charge on any atom is 0.223 e. The van der Waals surface area contributed by atoms with Crippen molar-refractivity contribution in [1.82, 2.24) is 26.6 Å². The van der Waals surface area contributed by atoms with Gasteiger partial charge in [0.1, 0.15) is 0 Å². The molecule has 6 atom stereocenters. The van der Waals surface area contributed by atoms with Crippen LogP contribution in [0, 0.1) is 11.8 Å². The Bertz CT molecular complexity index is 582. The van der Waals surface area contributed by atoms with Crippen LogP contribution in [0.2, 0.25) is 0 Å². The quantitative estimate of drug-likeness (QED) is 0.385. The molecule has 2 saturated carbocycles. The molecule has 31 heavy (non-hydrogen) atoms. The second-order valence-electron chi connectivity index (χ2n) is 9.99. The lowest BCUT2D eigenvalue weighted by atomic mass is 9.84. The largest absolute Gasteiger partial charge is 0.353 e. The average molecular weight is 435 g/mol. The molecule has 3 fully saturated rings. The monoisotopic (exact) mass is 434 g/mol. The van der Waals surface area contributed by atoms with Gasteiger partial charge in [0, 0.05) is 30.3 Å². The van der Waals surface area contributed by atoms with Crippen LogP contribution in [-0.2, 0) is 4.79 Å². The summed E-state index contributed by atoms with van der Waals surface area (Å²) in [4.78, 5) is 17.8. The van der Waals surface area contributed by atoms with E-state index >= 15 is 0 Å². The third-order valence-corrected chi connectivity index (χ3v) is 7.25. The molecule has 0 aromatic rings. The van der Waals surface area contributed by atoms with Crippen LogP contribution in [0.4, 0.5) is 0 Å². The lowest BCUT2D eigenvalue weighted by molar-refractivity contribution is -0.127. The van der Waals surface area contributed by atoms with Gasteiger partial charge in [0.2, 0.25) is 5.91 Å². The van der Waals surface area contributed by atoms with Gasteiger partial charge < -0.3 is 10.6 Å². The Balaban J connectivity index is 1.46. The van der Waals surface area contributed by atoms with Gasteiger partial charge in [-0.3, -0.25) is 25.7 Å². The number of amides is 1. The first-order chi connectivity index (χ1) is 15.1. The van der Waals surface area contributed by atoms with E-state index in [1.807, 2.05) is 7.05 Å². The molecular formula is C24H46N6O. The molecule has 1 heterocycles. The molecule has 3 rings (SSSR count). The predicted molar refractivity (Wildman–Crippen MR) is 128 cm³/mol. The van der Waals surface area contributed by atoms with Crippen molar-refractivity contribution in [3.8, 4) is 0 Å². The molecule has 0 aromatic carbocycles. The van der Waals surface area contributed by atoms with Gasteiger partial charge in [-0.1, -0.05) is 20.3 Å². The minimum absolute atomic E-state index is 0.0201. The molecule has 6 unspecified atom stereocenters. The molecule has 0 radical (unpaired) electrons. The lowest BCUT2D eigenvalue weighted by Gasteiger charge is -2.37. The third-order valence-electron chi connectivity index (χ3n) is 7.25. The maximum atomic E-state index is 12.9. The zero-order chi connectivity index (χ0) is 22.1. The summed E-state index contributed by atoms with van der Waals surface area (Å²) in [6, 6.07) is 0.683. The van der Waals surface area contributed by atoms with Gasteiger partial charge in [-0.15, -0.1) is 0 Å². The highest BCUT2D eigenvalue weighted by Gasteiger charge is 2.30. The van der Waals surface area contributed by atoms with Crippen LogP contribution in [0.15, 0.2) is 4.99 Å². The van der Waals surface area contributed by atoms with Crippen molar-refractivity contribution in [1.29, 1.82) is 0 Å². The Morgan fingerprint density at radius 2 is 2.10 bits per heavy atom. The number of aliphatic imine (C=N–C) groups is 1. The minimum Gasteiger partial charge on any atom is -0.353 e. The topological polar surface area (TPSA) is 89.6 Å². The number of nitrogens with zero attached hydrogens (tertiary/aromatic N) is 1. The van der Waals surface area contributed by atoms with Crippen LogP contribution in [0.1, 0.15) is 84.5 Å². The summed E-state index contributed by atoms with van der Waals surface area (Å²) in [7, 11) is 1.97. The lowest BCUT2D eigenvalue weighted by Crippen LogP contribution is -2.60. The molecule has 1 saturated heterocycles. The number of carbonyl (C=O) groups excluding carboxylic acids is 1. The van der Waals surface area contributed by atoms with E-state index in [0.717, 1.165) is 76.8 Å². The average Bonchev–Trinajstić information content (AvgIpc) is 2.77. The van der Waals surface area contributed by atoms with Gasteiger partial charge >= 0.3 is 0 Å². The summed E-state index contributed by atoms with van der Waals surface area (Å²) in [5, 5.41) is 17.5. The van der Waals surface area contributed by atoms with Gasteiger partial charge in [0.25, 0.3) is 0 Å². The second-order valence-corrected chi connectivity index (χ2v) is 9.99. The molecule has 1 aliphatic heterocycles. The van der Waals surface area contributed by atoms with Crippen molar-refractivity contribution in [2.45, 2.75) is 109 Å². The van der Waals surface area contributed by atoms with Gasteiger partial charge in [-0.05, 0) is 83.7 Å². The van der Waals surface area contributed by atoms with Crippen LogP contribution in [0.5, 0.6) is 0 Å². The highest BCUT2D eigenvalue weighted by molar-refractivity contribution is 5.85. The predicted octanol–water partition coefficient (Wildman–Crippen LogP) is 2.48. The number of hydrogen-bond acceptors (Lipinski definition) is 6. The molecule has 2 aliphatic carbocycles. The number of nitrogens with one attached hydrogen (secondary N) is 5. The summed E-state index contributed by atoms with van der Waals surface area (Å²) < 4.78 is 0. The molecule has 0 bridgehead atoms. The Hall–Kier alpha value is -1.02. The molecular weight excluding hydrogens is 388 g/mol. The van der Waals surface area contributed by atoms with Crippen LogP contribution < -0.4 is 26.6 Å². The third kappa shape index (κ3) is 8.12. The number of rotatable bonds is 9. The number of hydrogen-bond donors (Lipinski definition) is 5. The fourth-order valence-electron chi connectivity index (χ4n) is 5.35. The van der Waals surface area contributed by atoms with E-state index < -0.39 is 0 Å². The highest BCUT2D eigenvalue weighted by Crippen LogP contribution is 2.26. The molecule has 5 N–H and O–H groups in total. The Morgan fingerprint density at radius 1 is 1.23 bits per heavy atom. The summed E-state index contributed by atoms with van der Waals surface area (Å²) in [5.74, 6) is 1.15. The van der Waals surface area contributed by atoms with Crippen LogP contribution in [0.3, 0.4) is 0 Å². The summed E-state index contributed by atoms with van der Waals surface area (Å²) in [6.07, 6.45) is 12.4. The highest BCUT2D eigenvalue weighted by atomic mass is 16.1. The fraction of sp³-hybridized carbons (Fsp3) is 0.917. The van der Waals surface area contributed by atoms with Crippen molar-refractivity contribution in [2.75, 3.05) is 20.1 Å². The van der Waals surface area contributed by atoms with Crippen molar-refractivity contribution in [3.05, 3.63) is 0 Å². The maximum absolute atomic E-state index is 12.9. The SMILES string of the molecule is CCC(CCNC)NC(=O)C1CCCC(NC2CCNC(N=C3CCCC(C)C3)N2)C1. The van der Waals surface area contributed by atoms with Crippen molar-refractivity contribution < 1.29 is 4.79 Å². The van der Waals surface area contributed by atoms with Crippen molar-refractivity contribution in [2.24, 2.45) is 16.8 Å². The molecule has 7 heteroatoms. The second kappa shape index (κ2) is 12.9. The zero-order valence-corrected chi connectivity index (χ0v) is 20.0. The normalized spacial score (nSPS) is 34.4. The van der Waals surface area contributed by atoms with Crippen molar-refractivity contribution in [3.63, 3.8) is 0 Å². The minimum atomic E-state index is 0.0201. The van der Waals surface area contributed by atoms with Gasteiger partial charge in [-0.2, -0.15) is 0 Å². The molecule has 3 aliphatic rings. The fourth-order valence-corrected chi connectivity index (χ4v) is 5.35. The Labute approximate surface area is 189 Å². The summed E-state index contributed by atoms with van der Waals surface area (Å²) in [5.41, 5.74) is 1.36. The van der Waals surface area contributed by atoms with E-state index in [0.29, 0.717) is 6.04 Å². The van der Waals surface area contributed by atoms with E-state index in [1.165, 1.54) is 18.6 Å². The summed E-state index contributed by atoms with van der Waals surface area (Å²) in [6.45, 7) is 6.41. The zero-order valence-electron chi connectivity index (χ0n) is 20.0. The summed E-state index contributed by atoms with van der Waals surface area (Å²) >= 11 is 0. The number of carbonyl (C=O) groups is 1. The molecule has 7 nitrogen and oxygen atoms in total. The van der Waals surface area contributed by atoms with E-state index in [9.17, 15) is 4.79 Å². The van der Waals surface area contributed by atoms with Gasteiger partial charge in [0.05, 0.1) is 6.17 Å². The first-order valence-electron chi connectivity index (χ1n) is 12.8. The van der Waals surface area contributed by atoms with E-state index in [2.05, 4.69) is 40.4 Å². The standard InChI is InChI=1S/C24H46N6O/c1-4-19(11-13-25-3)28-23(31)18-8-6-10-21(16-18)27-22-12-14-26-24(30-22)29-20-9-5-7-17(2)15-20/h17-19,21-22,24-27,30H,4-16H2,1-3H3,(H,28,31). The van der Waals surface area contributed by atoms with E-state index in [4.69, 9.17) is 4.99 Å². The van der Waals surface area contributed by atoms with Crippen LogP contribution in [0.25, 0.3) is 0 Å². The molecule has 178 valence electrons.